The summed E-state index contributed by atoms with van der Waals surface area (Å²) in [6.45, 7) is 0. The van der Waals surface area contributed by atoms with Gasteiger partial charge in [-0.25, -0.2) is 9.97 Å². The number of hydrogen-bond donors (Lipinski definition) is 0. The van der Waals surface area contributed by atoms with Gasteiger partial charge < -0.3 is 9.13 Å². The van der Waals surface area contributed by atoms with Gasteiger partial charge in [0, 0.05) is 43.8 Å². The maximum Gasteiger partial charge on any atom is 0.160 e. The van der Waals surface area contributed by atoms with E-state index >= 15 is 0 Å². The topological polar surface area (TPSA) is 35.6 Å². The van der Waals surface area contributed by atoms with Crippen LogP contribution in [0.4, 0.5) is 0 Å². The first-order chi connectivity index (χ1) is 24.8. The average Bonchev–Trinajstić information content (AvgIpc) is 3.72. The number of nitrogens with zero attached hydrogens (tertiary/aromatic N) is 4. The molecule has 50 heavy (non-hydrogen) atoms. The van der Waals surface area contributed by atoms with Crippen molar-refractivity contribution >= 4 is 43.6 Å². The molecule has 10 rings (SSSR count). The molecule has 3 heterocycles. The second kappa shape index (κ2) is 11.6. The molecule has 0 aliphatic heterocycles. The number of rotatable bonds is 5. The van der Waals surface area contributed by atoms with E-state index in [9.17, 15) is 0 Å². The largest absolute Gasteiger partial charge is 0.333 e. The molecule has 1 aliphatic carbocycles. The molecule has 0 N–H and O–H groups in total. The van der Waals surface area contributed by atoms with Crippen LogP contribution < -0.4 is 0 Å². The lowest BCUT2D eigenvalue weighted by Gasteiger charge is -2.19. The molecule has 1 atom stereocenters. The van der Waals surface area contributed by atoms with Gasteiger partial charge in [-0.2, -0.15) is 0 Å². The van der Waals surface area contributed by atoms with Gasteiger partial charge in [0.15, 0.2) is 5.82 Å². The third kappa shape index (κ3) is 4.46. The van der Waals surface area contributed by atoms with Crippen molar-refractivity contribution in [1.82, 2.24) is 19.1 Å². The van der Waals surface area contributed by atoms with Crippen LogP contribution >= 0.6 is 0 Å². The lowest BCUT2D eigenvalue weighted by Crippen LogP contribution is -2.07. The Morgan fingerprint density at radius 3 is 2.00 bits per heavy atom. The fourth-order valence-corrected chi connectivity index (χ4v) is 7.85. The Morgan fingerprint density at radius 1 is 0.520 bits per heavy atom. The van der Waals surface area contributed by atoms with Crippen LogP contribution in [0.15, 0.2) is 176 Å². The van der Waals surface area contributed by atoms with Crippen LogP contribution in [0.1, 0.15) is 12.5 Å². The van der Waals surface area contributed by atoms with E-state index in [4.69, 9.17) is 9.97 Å². The molecule has 0 saturated heterocycles. The van der Waals surface area contributed by atoms with Crippen molar-refractivity contribution in [3.05, 3.63) is 176 Å². The second-order valence-electron chi connectivity index (χ2n) is 12.9. The zero-order chi connectivity index (χ0) is 33.0. The highest BCUT2D eigenvalue weighted by atomic mass is 15.0. The first kappa shape index (κ1) is 28.5. The molecular weight excluding hydrogens is 609 g/mol. The van der Waals surface area contributed by atoms with Crippen molar-refractivity contribution in [3.8, 4) is 39.6 Å². The molecule has 0 spiro atoms. The van der Waals surface area contributed by atoms with E-state index in [2.05, 4.69) is 161 Å². The molecule has 0 saturated carbocycles. The molecule has 236 valence electrons. The predicted octanol–water partition coefficient (Wildman–Crippen LogP) is 11.7. The number of para-hydroxylation sites is 3. The van der Waals surface area contributed by atoms with Crippen molar-refractivity contribution in [1.29, 1.82) is 0 Å². The molecule has 9 aromatic rings. The summed E-state index contributed by atoms with van der Waals surface area (Å²) in [4.78, 5) is 10.3. The lowest BCUT2D eigenvalue weighted by molar-refractivity contribution is 0.649. The van der Waals surface area contributed by atoms with Crippen LogP contribution in [-0.4, -0.2) is 19.1 Å². The van der Waals surface area contributed by atoms with Crippen LogP contribution in [0, 0.1) is 0 Å². The number of allylic oxidation sites excluding steroid dienone is 4. The Labute approximate surface area is 289 Å². The fraction of sp³-hybridized carbons (Fsp3) is 0.0435. The predicted molar refractivity (Wildman–Crippen MR) is 208 cm³/mol. The first-order valence-corrected chi connectivity index (χ1v) is 17.2. The summed E-state index contributed by atoms with van der Waals surface area (Å²) in [6.07, 6.45) is 9.91. The van der Waals surface area contributed by atoms with E-state index in [1.807, 2.05) is 24.3 Å². The van der Waals surface area contributed by atoms with E-state index in [0.29, 0.717) is 5.82 Å². The summed E-state index contributed by atoms with van der Waals surface area (Å²) >= 11 is 0. The van der Waals surface area contributed by atoms with Crippen LogP contribution in [0.5, 0.6) is 0 Å². The van der Waals surface area contributed by atoms with E-state index < -0.39 is 0 Å². The normalized spacial score (nSPS) is 14.4. The summed E-state index contributed by atoms with van der Waals surface area (Å²) in [6, 6.07) is 54.0. The van der Waals surface area contributed by atoms with Crippen LogP contribution in [0.2, 0.25) is 0 Å². The van der Waals surface area contributed by atoms with E-state index in [1.165, 1.54) is 43.6 Å². The van der Waals surface area contributed by atoms with E-state index in [0.717, 1.165) is 40.2 Å². The summed E-state index contributed by atoms with van der Waals surface area (Å²) in [5.41, 5.74) is 10.8. The van der Waals surface area contributed by atoms with Gasteiger partial charge in [0.25, 0.3) is 0 Å². The van der Waals surface area contributed by atoms with Gasteiger partial charge in [0.2, 0.25) is 0 Å². The van der Waals surface area contributed by atoms with Gasteiger partial charge in [-0.3, -0.25) is 0 Å². The first-order valence-electron chi connectivity index (χ1n) is 17.2. The number of fused-ring (bicyclic) bond motifs is 7. The summed E-state index contributed by atoms with van der Waals surface area (Å²) in [5, 5.41) is 5.07. The number of aromatic nitrogens is 4. The summed E-state index contributed by atoms with van der Waals surface area (Å²) < 4.78 is 5.00. The van der Waals surface area contributed by atoms with Crippen molar-refractivity contribution < 1.29 is 0 Å². The highest BCUT2D eigenvalue weighted by Crippen LogP contribution is 2.44. The monoisotopic (exact) mass is 640 g/mol. The third-order valence-electron chi connectivity index (χ3n) is 10.0. The SMILES string of the molecule is C1=CCC(n2c3ccccc3c3ccc4c(c5ccccc5n4-c4ccccc4-c4cc(-c5ccccc5)nc(-c5ccccc5)n4)c32)C=C1. The fourth-order valence-electron chi connectivity index (χ4n) is 7.85. The summed E-state index contributed by atoms with van der Waals surface area (Å²) in [7, 11) is 0. The molecule has 0 amide bonds. The Morgan fingerprint density at radius 2 is 1.20 bits per heavy atom. The van der Waals surface area contributed by atoms with E-state index in [-0.39, 0.29) is 6.04 Å². The van der Waals surface area contributed by atoms with Gasteiger partial charge in [-0.15, -0.1) is 0 Å². The lowest BCUT2D eigenvalue weighted by atomic mass is 10.0. The summed E-state index contributed by atoms with van der Waals surface area (Å²) in [5.74, 6) is 0.708. The van der Waals surface area contributed by atoms with Gasteiger partial charge in [-0.05, 0) is 36.8 Å². The highest BCUT2D eigenvalue weighted by Gasteiger charge is 2.24. The highest BCUT2D eigenvalue weighted by molar-refractivity contribution is 6.25. The zero-order valence-electron chi connectivity index (χ0n) is 27.3. The molecule has 1 unspecified atom stereocenters. The van der Waals surface area contributed by atoms with Crippen LogP contribution in [0.25, 0.3) is 83.2 Å². The Bertz CT molecular complexity index is 2730. The van der Waals surface area contributed by atoms with E-state index in [1.54, 1.807) is 0 Å². The van der Waals surface area contributed by atoms with Crippen molar-refractivity contribution in [2.75, 3.05) is 0 Å². The zero-order valence-corrected chi connectivity index (χ0v) is 27.3. The minimum absolute atomic E-state index is 0.233. The molecule has 0 radical (unpaired) electrons. The molecule has 1 aliphatic rings. The maximum absolute atomic E-state index is 5.24. The Hall–Kier alpha value is -6.52. The maximum atomic E-state index is 5.24. The average molecular weight is 641 g/mol. The molecule has 0 fully saturated rings. The number of benzene rings is 6. The Kier molecular flexibility index (Phi) is 6.59. The smallest absolute Gasteiger partial charge is 0.160 e. The molecule has 6 aromatic carbocycles. The molecule has 4 nitrogen and oxygen atoms in total. The van der Waals surface area contributed by atoms with Gasteiger partial charge in [0.1, 0.15) is 0 Å². The second-order valence-corrected chi connectivity index (χ2v) is 12.9. The molecule has 0 bridgehead atoms. The standard InChI is InChI=1S/C46H32N4/c1-4-16-31(17-5-1)38-30-39(48-46(47-38)32-18-6-2-7-19-32)36-23-11-14-26-41(36)50-42-27-15-12-24-37(42)44-43(50)29-28-35-34-22-10-13-25-40(34)49(45(35)44)33-20-8-3-9-21-33/h1-20,22-30,33H,21H2. The quantitative estimate of drug-likeness (QED) is 0.188. The van der Waals surface area contributed by atoms with Crippen LogP contribution in [0.3, 0.4) is 0 Å². The third-order valence-corrected chi connectivity index (χ3v) is 10.0. The van der Waals surface area contributed by atoms with Crippen molar-refractivity contribution in [2.24, 2.45) is 0 Å². The van der Waals surface area contributed by atoms with Crippen molar-refractivity contribution in [3.63, 3.8) is 0 Å². The molecular formula is C46H32N4. The van der Waals surface area contributed by atoms with Crippen LogP contribution in [-0.2, 0) is 0 Å². The van der Waals surface area contributed by atoms with Gasteiger partial charge in [0.05, 0.1) is 39.7 Å². The Balaban J connectivity index is 1.28. The molecule has 3 aromatic heterocycles. The minimum atomic E-state index is 0.233. The van der Waals surface area contributed by atoms with Crippen molar-refractivity contribution in [2.45, 2.75) is 12.5 Å². The molecule has 4 heteroatoms. The minimum Gasteiger partial charge on any atom is -0.333 e. The van der Waals surface area contributed by atoms with Gasteiger partial charge >= 0.3 is 0 Å². The number of hydrogen-bond acceptors (Lipinski definition) is 2. The van der Waals surface area contributed by atoms with Gasteiger partial charge in [-0.1, -0.05) is 146 Å².